The third-order valence-corrected chi connectivity index (χ3v) is 9.09. The van der Waals surface area contributed by atoms with Gasteiger partial charge in [-0.05, 0) is 49.2 Å². The molecule has 0 saturated carbocycles. The Hall–Kier alpha value is -4.78. The fraction of sp³-hybridized carbons (Fsp3) is 0.568. The van der Waals surface area contributed by atoms with Gasteiger partial charge in [0.15, 0.2) is 6.29 Å². The average molecular weight is 869 g/mol. The fourth-order valence-corrected chi connectivity index (χ4v) is 5.93. The highest BCUT2D eigenvalue weighted by Gasteiger charge is 2.48. The predicted octanol–water partition coefficient (Wildman–Crippen LogP) is 2.17. The molecule has 1 fully saturated rings. The number of unbranched alkanes of at least 4 members (excludes halogenated alkanes) is 2. The number of amides is 6. The molecule has 0 bridgehead atoms. The number of benzene rings is 2. The van der Waals surface area contributed by atoms with Crippen LogP contribution in [-0.2, 0) is 31.4 Å². The van der Waals surface area contributed by atoms with Crippen LogP contribution in [0.2, 0.25) is 0 Å². The number of nitrogens with one attached hydrogen (secondary N) is 6. The fourth-order valence-electron chi connectivity index (χ4n) is 5.93. The first kappa shape index (κ1) is 49.6. The molecule has 5 unspecified atom stereocenters. The minimum absolute atomic E-state index is 0.0946. The lowest BCUT2D eigenvalue weighted by molar-refractivity contribution is -0.284. The van der Waals surface area contributed by atoms with Crippen molar-refractivity contribution < 1.29 is 80.5 Å². The maximum absolute atomic E-state index is 13.3. The highest BCUT2D eigenvalue weighted by Crippen LogP contribution is 2.32. The van der Waals surface area contributed by atoms with Gasteiger partial charge in [0.1, 0.15) is 30.5 Å². The number of alkyl halides is 6. The van der Waals surface area contributed by atoms with Crippen LogP contribution in [0.1, 0.15) is 56.6 Å². The summed E-state index contributed by atoms with van der Waals surface area (Å²) in [6.07, 6.45) is -18.1. The lowest BCUT2D eigenvalue weighted by Gasteiger charge is -2.44. The first-order valence-corrected chi connectivity index (χ1v) is 18.9. The van der Waals surface area contributed by atoms with Crippen molar-refractivity contribution in [2.75, 3.05) is 36.9 Å². The van der Waals surface area contributed by atoms with E-state index in [4.69, 9.17) is 9.47 Å². The van der Waals surface area contributed by atoms with Crippen LogP contribution in [0, 0.1) is 0 Å². The van der Waals surface area contributed by atoms with Crippen molar-refractivity contribution in [1.82, 2.24) is 21.3 Å². The van der Waals surface area contributed by atoms with E-state index in [1.165, 1.54) is 0 Å². The number of rotatable bonds is 20. The Kier molecular flexibility index (Phi) is 19.2. The van der Waals surface area contributed by atoms with Crippen molar-refractivity contribution in [3.05, 3.63) is 59.7 Å². The quantitative estimate of drug-likeness (QED) is 0.0679. The molecular weight excluding hydrogens is 818 g/mol. The second-order valence-electron chi connectivity index (χ2n) is 13.8. The molecule has 1 saturated heterocycles. The molecule has 8 atom stereocenters. The summed E-state index contributed by atoms with van der Waals surface area (Å²) in [5.41, 5.74) is -2.85. The second-order valence-corrected chi connectivity index (χ2v) is 13.8. The molecule has 11 N–H and O–H groups in total. The SMILES string of the molecule is CCCCCC(=O)NCCCC(=O)N[C@@H](C(O)CO)C(CNC(=O)Nc1cccc(C(F)(F)F)c1)O[C@@H]1OC(CO)[C@@H](O)C(O)C1NC(=O)Nc1cccc(C(F)(F)F)c1. The van der Waals surface area contributed by atoms with E-state index < -0.39 is 110 Å². The summed E-state index contributed by atoms with van der Waals surface area (Å²) in [6, 6.07) is 1.14. The van der Waals surface area contributed by atoms with Gasteiger partial charge in [0.2, 0.25) is 11.8 Å². The molecule has 1 heterocycles. The summed E-state index contributed by atoms with van der Waals surface area (Å²) < 4.78 is 91.3. The molecule has 0 radical (unpaired) electrons. The highest BCUT2D eigenvalue weighted by atomic mass is 19.4. The number of hydrogen-bond donors (Lipinski definition) is 11. The summed E-state index contributed by atoms with van der Waals surface area (Å²) in [6.45, 7) is -0.675. The van der Waals surface area contributed by atoms with E-state index in [1.54, 1.807) is 0 Å². The molecule has 2 aromatic carbocycles. The summed E-state index contributed by atoms with van der Waals surface area (Å²) >= 11 is 0. The van der Waals surface area contributed by atoms with Crippen LogP contribution in [-0.4, -0.2) is 125 Å². The normalized spacial score (nSPS) is 20.9. The zero-order valence-electron chi connectivity index (χ0n) is 32.3. The molecule has 6 amide bonds. The first-order valence-electron chi connectivity index (χ1n) is 18.9. The van der Waals surface area contributed by atoms with Crippen LogP contribution in [0.3, 0.4) is 0 Å². The van der Waals surface area contributed by atoms with E-state index in [1.807, 2.05) is 6.92 Å². The second kappa shape index (κ2) is 23.3. The van der Waals surface area contributed by atoms with Gasteiger partial charge in [0.25, 0.3) is 0 Å². The van der Waals surface area contributed by atoms with E-state index >= 15 is 0 Å². The summed E-state index contributed by atoms with van der Waals surface area (Å²) in [7, 11) is 0. The van der Waals surface area contributed by atoms with Gasteiger partial charge in [-0.1, -0.05) is 31.9 Å². The Bertz CT molecular complexity index is 1710. The van der Waals surface area contributed by atoms with Crippen molar-refractivity contribution in [1.29, 1.82) is 0 Å². The summed E-state index contributed by atoms with van der Waals surface area (Å²) in [4.78, 5) is 51.2. The molecule has 0 spiro atoms. The number of urea groups is 2. The van der Waals surface area contributed by atoms with E-state index in [0.717, 1.165) is 49.2 Å². The molecular formula is C37H50F6N6O11. The largest absolute Gasteiger partial charge is 0.416 e. The number of aliphatic hydroxyl groups excluding tert-OH is 5. The minimum atomic E-state index is -4.77. The highest BCUT2D eigenvalue weighted by molar-refractivity contribution is 5.90. The van der Waals surface area contributed by atoms with E-state index in [0.29, 0.717) is 18.6 Å². The van der Waals surface area contributed by atoms with Crippen LogP contribution in [0.15, 0.2) is 48.5 Å². The molecule has 0 aliphatic carbocycles. The lowest BCUT2D eigenvalue weighted by atomic mass is 9.96. The summed E-state index contributed by atoms with van der Waals surface area (Å²) in [5, 5.41) is 66.4. The van der Waals surface area contributed by atoms with Crippen LogP contribution in [0.4, 0.5) is 47.3 Å². The number of carbonyl (C=O) groups is 4. The number of carbonyl (C=O) groups excluding carboxylic acids is 4. The van der Waals surface area contributed by atoms with E-state index in [2.05, 4.69) is 31.9 Å². The van der Waals surface area contributed by atoms with Gasteiger partial charge < -0.3 is 66.9 Å². The molecule has 3 rings (SSSR count). The molecule has 1 aliphatic rings. The van der Waals surface area contributed by atoms with Crippen molar-refractivity contribution in [2.24, 2.45) is 0 Å². The van der Waals surface area contributed by atoms with Crippen LogP contribution < -0.4 is 31.9 Å². The van der Waals surface area contributed by atoms with E-state index in [9.17, 15) is 71.1 Å². The lowest BCUT2D eigenvalue weighted by Crippen LogP contribution is -2.67. The van der Waals surface area contributed by atoms with Gasteiger partial charge in [-0.15, -0.1) is 0 Å². The first-order chi connectivity index (χ1) is 28.3. The predicted molar refractivity (Wildman–Crippen MR) is 200 cm³/mol. The number of halogens is 6. The third kappa shape index (κ3) is 15.7. The number of ether oxygens (including phenoxy) is 2. The maximum atomic E-state index is 13.3. The third-order valence-electron chi connectivity index (χ3n) is 9.09. The zero-order chi connectivity index (χ0) is 44.6. The van der Waals surface area contributed by atoms with Gasteiger partial charge >= 0.3 is 24.4 Å². The Balaban J connectivity index is 1.88. The monoisotopic (exact) mass is 868 g/mol. The van der Waals surface area contributed by atoms with Crippen LogP contribution in [0.5, 0.6) is 0 Å². The van der Waals surface area contributed by atoms with Gasteiger partial charge in [-0.25, -0.2) is 9.59 Å². The molecule has 2 aromatic rings. The molecule has 0 aromatic heterocycles. The topological polar surface area (TPSA) is 260 Å². The Morgan fingerprint density at radius 2 is 1.38 bits per heavy atom. The number of aliphatic hydroxyl groups is 5. The summed E-state index contributed by atoms with van der Waals surface area (Å²) in [5.74, 6) is -0.994. The molecule has 17 nitrogen and oxygen atoms in total. The van der Waals surface area contributed by atoms with Crippen LogP contribution in [0.25, 0.3) is 0 Å². The van der Waals surface area contributed by atoms with Crippen molar-refractivity contribution >= 4 is 35.3 Å². The Morgan fingerprint density at radius 3 is 1.93 bits per heavy atom. The van der Waals surface area contributed by atoms with Gasteiger partial charge in [0.05, 0.1) is 36.5 Å². The average Bonchev–Trinajstić information content (AvgIpc) is 3.19. The zero-order valence-corrected chi connectivity index (χ0v) is 32.3. The van der Waals surface area contributed by atoms with Crippen molar-refractivity contribution in [3.8, 4) is 0 Å². The number of hydrogen-bond acceptors (Lipinski definition) is 11. The standard InChI is InChI=1S/C37H50F6N6O11/c1-2-3-4-12-27(53)44-14-7-13-28(54)48-29(24(52)18-50)25(17-45-34(57)46-22-10-5-8-20(15-22)36(38,39)40)59-33-30(32(56)31(55)26(19-51)60-33)49-35(58)47-23-11-6-9-21(16-23)37(41,42)43/h5-6,8-11,15-16,24-26,29-33,50-52,55-56H,2-4,7,12-14,17-19H2,1H3,(H,44,53)(H,48,54)(H2,45,46,57)(H2,47,49,58)/t24?,25?,26?,29-,30?,31+,32?,33+/m0/s1. The molecule has 23 heteroatoms. The van der Waals surface area contributed by atoms with Gasteiger partial charge in [0, 0.05) is 37.3 Å². The van der Waals surface area contributed by atoms with Crippen molar-refractivity contribution in [3.63, 3.8) is 0 Å². The minimum Gasteiger partial charge on any atom is -0.394 e. The van der Waals surface area contributed by atoms with Crippen LogP contribution >= 0.6 is 0 Å². The van der Waals surface area contributed by atoms with Gasteiger partial charge in [-0.3, -0.25) is 9.59 Å². The van der Waals surface area contributed by atoms with Crippen molar-refractivity contribution in [2.45, 2.75) is 107 Å². The molecule has 60 heavy (non-hydrogen) atoms. The number of anilines is 2. The molecule has 1 aliphatic heterocycles. The smallest absolute Gasteiger partial charge is 0.394 e. The Morgan fingerprint density at radius 1 is 0.800 bits per heavy atom. The Labute approximate surface area is 340 Å². The van der Waals surface area contributed by atoms with Gasteiger partial charge in [-0.2, -0.15) is 26.3 Å². The van der Waals surface area contributed by atoms with E-state index in [-0.39, 0.29) is 43.1 Å². The maximum Gasteiger partial charge on any atom is 0.416 e. The molecule has 336 valence electrons.